The number of benzene rings is 1. The number of para-hydroxylation sites is 2. The lowest BCUT2D eigenvalue weighted by Crippen LogP contribution is -2.49. The van der Waals surface area contributed by atoms with Crippen LogP contribution in [-0.2, 0) is 4.79 Å². The van der Waals surface area contributed by atoms with E-state index in [0.717, 1.165) is 31.6 Å². The quantitative estimate of drug-likeness (QED) is 0.828. The van der Waals surface area contributed by atoms with Crippen LogP contribution in [0.25, 0.3) is 0 Å². The summed E-state index contributed by atoms with van der Waals surface area (Å²) in [5, 5.41) is 0. The summed E-state index contributed by atoms with van der Waals surface area (Å²) in [6, 6.07) is 8.63. The van der Waals surface area contributed by atoms with Crippen molar-refractivity contribution in [3.63, 3.8) is 0 Å². The van der Waals surface area contributed by atoms with Crippen LogP contribution in [0.5, 0.6) is 0 Å². The maximum Gasteiger partial charge on any atom is 0.227 e. The molecule has 1 amide bonds. The highest BCUT2D eigenvalue weighted by molar-refractivity contribution is 5.98. The van der Waals surface area contributed by atoms with Crippen molar-refractivity contribution in [2.75, 3.05) is 22.9 Å². The number of carbonyl (C=O) groups is 1. The van der Waals surface area contributed by atoms with Gasteiger partial charge in [0, 0.05) is 25.6 Å². The lowest BCUT2D eigenvalue weighted by atomic mass is 10.1. The first-order chi connectivity index (χ1) is 9.19. The average molecular weight is 260 g/mol. The van der Waals surface area contributed by atoms with E-state index >= 15 is 0 Å². The Labute approximate surface area is 116 Å². The van der Waals surface area contributed by atoms with Crippen LogP contribution >= 0.6 is 0 Å². The van der Waals surface area contributed by atoms with Gasteiger partial charge in [0.05, 0.1) is 11.4 Å². The first kappa shape index (κ1) is 13.9. The molecule has 0 saturated heterocycles. The molecule has 104 valence electrons. The summed E-state index contributed by atoms with van der Waals surface area (Å²) in [5.74, 6) is 0.261. The largest absolute Gasteiger partial charge is 0.366 e. The highest BCUT2D eigenvalue weighted by Gasteiger charge is 2.29. The number of nitrogens with zero attached hydrogens (tertiary/aromatic N) is 2. The molecule has 3 heteroatoms. The predicted octanol–water partition coefficient (Wildman–Crippen LogP) is 3.44. The van der Waals surface area contributed by atoms with Crippen LogP contribution in [0.3, 0.4) is 0 Å². The Morgan fingerprint density at radius 1 is 1.26 bits per heavy atom. The van der Waals surface area contributed by atoms with Crippen LogP contribution in [0.2, 0.25) is 0 Å². The van der Waals surface area contributed by atoms with Gasteiger partial charge in [-0.2, -0.15) is 0 Å². The maximum absolute atomic E-state index is 12.4. The highest BCUT2D eigenvalue weighted by atomic mass is 16.2. The average Bonchev–Trinajstić information content (AvgIpc) is 2.44. The summed E-state index contributed by atoms with van der Waals surface area (Å²) in [5.41, 5.74) is 2.26. The van der Waals surface area contributed by atoms with Gasteiger partial charge in [-0.25, -0.2) is 0 Å². The van der Waals surface area contributed by atoms with Crippen molar-refractivity contribution < 1.29 is 4.79 Å². The van der Waals surface area contributed by atoms with Gasteiger partial charge in [0.1, 0.15) is 0 Å². The van der Waals surface area contributed by atoms with Crippen LogP contribution < -0.4 is 9.80 Å². The van der Waals surface area contributed by atoms with Gasteiger partial charge in [-0.05, 0) is 32.4 Å². The minimum absolute atomic E-state index is 0.261. The van der Waals surface area contributed by atoms with E-state index < -0.39 is 0 Å². The van der Waals surface area contributed by atoms with E-state index in [2.05, 4.69) is 37.8 Å². The molecule has 1 aromatic rings. The van der Waals surface area contributed by atoms with Crippen LogP contribution in [0.1, 0.15) is 40.0 Å². The molecule has 1 aromatic carbocycles. The van der Waals surface area contributed by atoms with E-state index in [9.17, 15) is 4.79 Å². The number of likely N-dealkylation sites (N-methyl/N-ethyl adjacent to an activating group) is 1. The van der Waals surface area contributed by atoms with Crippen molar-refractivity contribution >= 4 is 17.3 Å². The van der Waals surface area contributed by atoms with E-state index in [4.69, 9.17) is 0 Å². The molecule has 0 fully saturated rings. The Balaban J connectivity index is 2.29. The fourth-order valence-electron chi connectivity index (χ4n) is 2.81. The van der Waals surface area contributed by atoms with E-state index in [1.54, 1.807) is 0 Å². The Bertz CT molecular complexity index is 444. The molecule has 2 rings (SSSR count). The molecule has 1 atom stereocenters. The zero-order valence-corrected chi connectivity index (χ0v) is 12.2. The van der Waals surface area contributed by atoms with Gasteiger partial charge < -0.3 is 9.80 Å². The SMILES string of the molecule is CCCCC(=O)N1CC(C)N(CC)c2ccccc21. The minimum Gasteiger partial charge on any atom is -0.366 e. The monoisotopic (exact) mass is 260 g/mol. The second kappa shape index (κ2) is 6.09. The molecular weight excluding hydrogens is 236 g/mol. The Kier molecular flexibility index (Phi) is 4.46. The third kappa shape index (κ3) is 2.75. The van der Waals surface area contributed by atoms with Gasteiger partial charge in [-0.3, -0.25) is 4.79 Å². The molecule has 19 heavy (non-hydrogen) atoms. The summed E-state index contributed by atoms with van der Waals surface area (Å²) in [6.07, 6.45) is 2.70. The standard InChI is InChI=1S/C16H24N2O/c1-4-6-11-16(19)18-12-13(3)17(5-2)14-9-7-8-10-15(14)18/h7-10,13H,4-6,11-12H2,1-3H3. The van der Waals surface area contributed by atoms with Crippen LogP contribution in [0.4, 0.5) is 11.4 Å². The van der Waals surface area contributed by atoms with Crippen molar-refractivity contribution in [1.82, 2.24) is 0 Å². The molecule has 0 spiro atoms. The van der Waals surface area contributed by atoms with Gasteiger partial charge in [-0.1, -0.05) is 25.5 Å². The number of carbonyl (C=O) groups excluding carboxylic acids is 1. The smallest absolute Gasteiger partial charge is 0.227 e. The minimum atomic E-state index is 0.261. The predicted molar refractivity (Wildman–Crippen MR) is 80.8 cm³/mol. The second-order valence-electron chi connectivity index (χ2n) is 5.23. The lowest BCUT2D eigenvalue weighted by molar-refractivity contribution is -0.118. The zero-order valence-electron chi connectivity index (χ0n) is 12.2. The Morgan fingerprint density at radius 2 is 1.95 bits per heavy atom. The van der Waals surface area contributed by atoms with Crippen LogP contribution in [0.15, 0.2) is 24.3 Å². The molecule has 0 aliphatic carbocycles. The number of hydrogen-bond acceptors (Lipinski definition) is 2. The number of fused-ring (bicyclic) bond motifs is 1. The number of rotatable bonds is 4. The summed E-state index contributed by atoms with van der Waals surface area (Å²) < 4.78 is 0. The third-order valence-corrected chi connectivity index (χ3v) is 3.85. The molecule has 1 aliphatic heterocycles. The summed E-state index contributed by atoms with van der Waals surface area (Å²) in [7, 11) is 0. The first-order valence-electron chi connectivity index (χ1n) is 7.35. The summed E-state index contributed by atoms with van der Waals surface area (Å²) in [6.45, 7) is 8.27. The summed E-state index contributed by atoms with van der Waals surface area (Å²) >= 11 is 0. The summed E-state index contributed by atoms with van der Waals surface area (Å²) in [4.78, 5) is 16.7. The van der Waals surface area contributed by atoms with E-state index in [0.29, 0.717) is 12.5 Å². The molecule has 0 radical (unpaired) electrons. The van der Waals surface area contributed by atoms with Gasteiger partial charge >= 0.3 is 0 Å². The molecule has 3 nitrogen and oxygen atoms in total. The molecule has 0 aromatic heterocycles. The number of anilines is 2. The van der Waals surface area contributed by atoms with Crippen molar-refractivity contribution in [3.8, 4) is 0 Å². The number of amides is 1. The second-order valence-corrected chi connectivity index (χ2v) is 5.23. The van der Waals surface area contributed by atoms with Gasteiger partial charge in [-0.15, -0.1) is 0 Å². The van der Waals surface area contributed by atoms with Crippen molar-refractivity contribution in [2.45, 2.75) is 46.1 Å². The maximum atomic E-state index is 12.4. The number of hydrogen-bond donors (Lipinski definition) is 0. The van der Waals surface area contributed by atoms with Crippen LogP contribution in [0, 0.1) is 0 Å². The topological polar surface area (TPSA) is 23.6 Å². The van der Waals surface area contributed by atoms with E-state index in [1.807, 2.05) is 17.0 Å². The highest BCUT2D eigenvalue weighted by Crippen LogP contribution is 2.35. The first-order valence-corrected chi connectivity index (χ1v) is 7.35. The number of unbranched alkanes of at least 4 members (excludes halogenated alkanes) is 1. The van der Waals surface area contributed by atoms with Crippen molar-refractivity contribution in [1.29, 1.82) is 0 Å². The molecule has 1 heterocycles. The molecule has 0 bridgehead atoms. The van der Waals surface area contributed by atoms with Crippen molar-refractivity contribution in [3.05, 3.63) is 24.3 Å². The third-order valence-electron chi connectivity index (χ3n) is 3.85. The fourth-order valence-corrected chi connectivity index (χ4v) is 2.81. The Hall–Kier alpha value is -1.51. The van der Waals surface area contributed by atoms with E-state index in [-0.39, 0.29) is 5.91 Å². The van der Waals surface area contributed by atoms with Gasteiger partial charge in [0.25, 0.3) is 0 Å². The van der Waals surface area contributed by atoms with Gasteiger partial charge in [0.2, 0.25) is 5.91 Å². The molecule has 1 aliphatic rings. The zero-order chi connectivity index (χ0) is 13.8. The van der Waals surface area contributed by atoms with Gasteiger partial charge in [0.15, 0.2) is 0 Å². The molecule has 0 N–H and O–H groups in total. The van der Waals surface area contributed by atoms with E-state index in [1.165, 1.54) is 5.69 Å². The van der Waals surface area contributed by atoms with Crippen LogP contribution in [-0.4, -0.2) is 25.0 Å². The lowest BCUT2D eigenvalue weighted by Gasteiger charge is -2.42. The molecule has 1 unspecified atom stereocenters. The normalized spacial score (nSPS) is 18.4. The molecule has 0 saturated carbocycles. The molecular formula is C16H24N2O. The Morgan fingerprint density at radius 3 is 2.58 bits per heavy atom. The van der Waals surface area contributed by atoms with Crippen molar-refractivity contribution in [2.24, 2.45) is 0 Å². The fraction of sp³-hybridized carbons (Fsp3) is 0.562.